The predicted molar refractivity (Wildman–Crippen MR) is 116 cm³/mol. The van der Waals surface area contributed by atoms with Gasteiger partial charge in [0.2, 0.25) is 35.4 Å². The number of amides is 6. The Hall–Kier alpha value is -3.40. The molecule has 0 rings (SSSR count). The second kappa shape index (κ2) is 14.6. The van der Waals surface area contributed by atoms with Gasteiger partial charge < -0.3 is 44.0 Å². The maximum atomic E-state index is 12.6. The lowest BCUT2D eigenvalue weighted by molar-refractivity contribution is -0.142. The van der Waals surface area contributed by atoms with E-state index in [0.717, 1.165) is 0 Å². The van der Waals surface area contributed by atoms with Crippen LogP contribution in [0.5, 0.6) is 0 Å². The summed E-state index contributed by atoms with van der Waals surface area (Å²) in [5, 5.41) is 15.7. The third-order valence-electron chi connectivity index (χ3n) is 4.06. The van der Waals surface area contributed by atoms with Gasteiger partial charge in [0, 0.05) is 0 Å². The van der Waals surface area contributed by atoms with Crippen molar-refractivity contribution in [2.24, 2.45) is 22.9 Å². The molecule has 15 nitrogen and oxygen atoms in total. The first-order valence-electron chi connectivity index (χ1n) is 9.51. The van der Waals surface area contributed by atoms with E-state index in [1.54, 1.807) is 6.26 Å². The number of nitrogens with one attached hydrogen (secondary N) is 3. The van der Waals surface area contributed by atoms with Crippen LogP contribution in [0.3, 0.4) is 0 Å². The van der Waals surface area contributed by atoms with Crippen molar-refractivity contribution >= 4 is 53.2 Å². The van der Waals surface area contributed by atoms with Crippen molar-refractivity contribution in [2.75, 3.05) is 12.0 Å². The molecule has 0 aliphatic carbocycles. The van der Waals surface area contributed by atoms with Crippen LogP contribution in [0.15, 0.2) is 0 Å². The summed E-state index contributed by atoms with van der Waals surface area (Å²) < 4.78 is 0. The van der Waals surface area contributed by atoms with Crippen LogP contribution in [0.1, 0.15) is 25.7 Å². The normalized spacial score (nSPS) is 14.1. The summed E-state index contributed by atoms with van der Waals surface area (Å²) in [4.78, 5) is 82.2. The van der Waals surface area contributed by atoms with E-state index in [0.29, 0.717) is 5.75 Å². The standard InChI is InChI=1S/C17H29N7O8S/c1-33-3-2-8(17(31)32)22-15(29)10(6-13(21)27)24-16(30)9(5-12(20)26)23-14(28)7(18)4-11(19)25/h7-10H,2-6,18H2,1H3,(H2,19,25)(H2,20,26)(H2,21,27)(H,22,29)(H,23,28)(H,24,30)(H,31,32). The summed E-state index contributed by atoms with van der Waals surface area (Å²) >= 11 is 1.34. The Morgan fingerprint density at radius 3 is 1.48 bits per heavy atom. The number of carboxylic acid groups (broad SMARTS) is 1. The molecule has 16 heteroatoms. The molecule has 0 aromatic carbocycles. The van der Waals surface area contributed by atoms with E-state index < -0.39 is 84.8 Å². The Morgan fingerprint density at radius 2 is 1.12 bits per heavy atom. The van der Waals surface area contributed by atoms with Crippen LogP contribution < -0.4 is 38.9 Å². The van der Waals surface area contributed by atoms with Gasteiger partial charge in [-0.1, -0.05) is 0 Å². The lowest BCUT2D eigenvalue weighted by Crippen LogP contribution is -2.58. The fourth-order valence-corrected chi connectivity index (χ4v) is 2.92. The molecule has 0 spiro atoms. The molecule has 0 heterocycles. The summed E-state index contributed by atoms with van der Waals surface area (Å²) in [6.45, 7) is 0. The Morgan fingerprint density at radius 1 is 0.727 bits per heavy atom. The molecule has 6 amide bonds. The Balaban J connectivity index is 5.52. The first kappa shape index (κ1) is 29.6. The van der Waals surface area contributed by atoms with Crippen molar-refractivity contribution in [2.45, 2.75) is 49.9 Å². The number of thioether (sulfide) groups is 1. The number of hydrogen-bond donors (Lipinski definition) is 8. The van der Waals surface area contributed by atoms with Gasteiger partial charge >= 0.3 is 5.97 Å². The highest BCUT2D eigenvalue weighted by Crippen LogP contribution is 2.04. The highest BCUT2D eigenvalue weighted by Gasteiger charge is 2.32. The fourth-order valence-electron chi connectivity index (χ4n) is 2.45. The lowest BCUT2D eigenvalue weighted by Gasteiger charge is -2.24. The number of carbonyl (C=O) groups excluding carboxylic acids is 6. The summed E-state index contributed by atoms with van der Waals surface area (Å²) in [5.74, 6) is -6.94. The molecular formula is C17H29N7O8S. The van der Waals surface area contributed by atoms with Gasteiger partial charge in [0.1, 0.15) is 18.1 Å². The van der Waals surface area contributed by atoms with Crippen molar-refractivity contribution in [1.82, 2.24) is 16.0 Å². The van der Waals surface area contributed by atoms with Crippen LogP contribution in [0.4, 0.5) is 0 Å². The predicted octanol–water partition coefficient (Wildman–Crippen LogP) is -4.77. The highest BCUT2D eigenvalue weighted by atomic mass is 32.2. The largest absolute Gasteiger partial charge is 0.480 e. The summed E-state index contributed by atoms with van der Waals surface area (Å²) in [6.07, 6.45) is -0.158. The second-order valence-electron chi connectivity index (χ2n) is 6.92. The van der Waals surface area contributed by atoms with Crippen LogP contribution in [-0.4, -0.2) is 82.7 Å². The Kier molecular flexibility index (Phi) is 13.1. The molecule has 0 aromatic heterocycles. The van der Waals surface area contributed by atoms with E-state index in [2.05, 4.69) is 16.0 Å². The molecule has 0 radical (unpaired) electrons. The first-order valence-corrected chi connectivity index (χ1v) is 10.9. The topological polar surface area (TPSA) is 280 Å². The van der Waals surface area contributed by atoms with Crippen molar-refractivity contribution < 1.29 is 38.7 Å². The van der Waals surface area contributed by atoms with Gasteiger partial charge in [-0.3, -0.25) is 28.8 Å². The highest BCUT2D eigenvalue weighted by molar-refractivity contribution is 7.98. The van der Waals surface area contributed by atoms with E-state index in [1.807, 2.05) is 0 Å². The molecular weight excluding hydrogens is 462 g/mol. The molecule has 33 heavy (non-hydrogen) atoms. The molecule has 12 N–H and O–H groups in total. The minimum atomic E-state index is -1.62. The number of rotatable bonds is 16. The van der Waals surface area contributed by atoms with Gasteiger partial charge in [0.15, 0.2) is 0 Å². The first-order chi connectivity index (χ1) is 15.3. The van der Waals surface area contributed by atoms with Gasteiger partial charge in [-0.15, -0.1) is 0 Å². The van der Waals surface area contributed by atoms with Crippen LogP contribution in [-0.2, 0) is 33.6 Å². The van der Waals surface area contributed by atoms with Crippen LogP contribution >= 0.6 is 11.8 Å². The number of hydrogen-bond acceptors (Lipinski definition) is 9. The monoisotopic (exact) mass is 491 g/mol. The van der Waals surface area contributed by atoms with E-state index in [9.17, 15) is 38.7 Å². The maximum absolute atomic E-state index is 12.6. The van der Waals surface area contributed by atoms with Gasteiger partial charge in [-0.05, 0) is 18.4 Å². The summed E-state index contributed by atoms with van der Waals surface area (Å²) in [7, 11) is 0. The van der Waals surface area contributed by atoms with E-state index in [1.165, 1.54) is 11.8 Å². The Labute approximate surface area is 193 Å². The van der Waals surface area contributed by atoms with Gasteiger partial charge in [0.25, 0.3) is 0 Å². The number of nitrogens with two attached hydrogens (primary N) is 4. The van der Waals surface area contributed by atoms with Crippen molar-refractivity contribution in [3.63, 3.8) is 0 Å². The van der Waals surface area contributed by atoms with E-state index in [4.69, 9.17) is 22.9 Å². The zero-order valence-corrected chi connectivity index (χ0v) is 18.7. The number of aliphatic carboxylic acids is 1. The molecule has 4 unspecified atom stereocenters. The van der Waals surface area contributed by atoms with E-state index >= 15 is 0 Å². The van der Waals surface area contributed by atoms with Gasteiger partial charge in [-0.25, -0.2) is 4.79 Å². The molecule has 4 atom stereocenters. The van der Waals surface area contributed by atoms with Crippen molar-refractivity contribution in [3.05, 3.63) is 0 Å². The molecule has 0 aromatic rings. The summed E-state index contributed by atoms with van der Waals surface area (Å²) in [6, 6.07) is -5.96. The third-order valence-corrected chi connectivity index (χ3v) is 4.70. The fraction of sp³-hybridized carbons (Fsp3) is 0.588. The van der Waals surface area contributed by atoms with E-state index in [-0.39, 0.29) is 6.42 Å². The zero-order valence-electron chi connectivity index (χ0n) is 17.9. The SMILES string of the molecule is CSCCC(NC(=O)C(CC(N)=O)NC(=O)C(CC(N)=O)NC(=O)C(N)CC(N)=O)C(=O)O. The number of primary amides is 3. The second-order valence-corrected chi connectivity index (χ2v) is 7.91. The number of carboxylic acids is 1. The molecule has 0 saturated carbocycles. The zero-order chi connectivity index (χ0) is 25.7. The maximum Gasteiger partial charge on any atom is 0.326 e. The van der Waals surface area contributed by atoms with Crippen molar-refractivity contribution in [1.29, 1.82) is 0 Å². The lowest BCUT2D eigenvalue weighted by atomic mass is 10.1. The molecule has 186 valence electrons. The Bertz CT molecular complexity index is 778. The van der Waals surface area contributed by atoms with Crippen LogP contribution in [0, 0.1) is 0 Å². The van der Waals surface area contributed by atoms with Gasteiger partial charge in [0.05, 0.1) is 25.3 Å². The average Bonchev–Trinajstić information content (AvgIpc) is 2.68. The van der Waals surface area contributed by atoms with Crippen LogP contribution in [0.2, 0.25) is 0 Å². The quantitative estimate of drug-likeness (QED) is 0.102. The minimum absolute atomic E-state index is 0.0671. The smallest absolute Gasteiger partial charge is 0.326 e. The minimum Gasteiger partial charge on any atom is -0.480 e. The molecule has 0 saturated heterocycles. The molecule has 0 aliphatic rings. The van der Waals surface area contributed by atoms with Crippen molar-refractivity contribution in [3.8, 4) is 0 Å². The average molecular weight is 492 g/mol. The van der Waals surface area contributed by atoms with Crippen LogP contribution in [0.25, 0.3) is 0 Å². The molecule has 0 bridgehead atoms. The molecule has 0 fully saturated rings. The summed E-state index contributed by atoms with van der Waals surface area (Å²) in [5.41, 5.74) is 20.6. The molecule has 0 aliphatic heterocycles. The number of carbonyl (C=O) groups is 7. The van der Waals surface area contributed by atoms with Gasteiger partial charge in [-0.2, -0.15) is 11.8 Å². The third kappa shape index (κ3) is 12.3.